The van der Waals surface area contributed by atoms with Crippen LogP contribution < -0.4 is 4.74 Å². The van der Waals surface area contributed by atoms with Gasteiger partial charge < -0.3 is 4.74 Å². The third-order valence-electron chi connectivity index (χ3n) is 5.01. The molecule has 3 aromatic carbocycles. The first-order chi connectivity index (χ1) is 13.2. The SMILES string of the molecule is Clc1ccc(C2=NN3[C@H](C2)c2cc(Br)ccc2O[C@@H]3c2ccccc2)cc1. The van der Waals surface area contributed by atoms with Gasteiger partial charge in [-0.15, -0.1) is 0 Å². The first kappa shape index (κ1) is 16.8. The summed E-state index contributed by atoms with van der Waals surface area (Å²) in [6.07, 6.45) is 0.590. The minimum absolute atomic E-state index is 0.141. The van der Waals surface area contributed by atoms with E-state index < -0.39 is 0 Å². The molecule has 0 aromatic heterocycles. The number of nitrogens with zero attached hydrogens (tertiary/aromatic N) is 2. The van der Waals surface area contributed by atoms with Crippen molar-refractivity contribution >= 4 is 33.2 Å². The highest BCUT2D eigenvalue weighted by atomic mass is 79.9. The summed E-state index contributed by atoms with van der Waals surface area (Å²) in [6.45, 7) is 0. The third-order valence-corrected chi connectivity index (χ3v) is 5.76. The zero-order chi connectivity index (χ0) is 18.4. The van der Waals surface area contributed by atoms with Crippen LogP contribution in [0.15, 0.2) is 82.4 Å². The number of hydrogen-bond acceptors (Lipinski definition) is 3. The lowest BCUT2D eigenvalue weighted by atomic mass is 9.96. The van der Waals surface area contributed by atoms with Crippen molar-refractivity contribution in [3.05, 3.63) is 99.0 Å². The molecule has 5 heteroatoms. The predicted molar refractivity (Wildman–Crippen MR) is 111 cm³/mol. The Labute approximate surface area is 171 Å². The van der Waals surface area contributed by atoms with Crippen LogP contribution in [0.2, 0.25) is 5.02 Å². The topological polar surface area (TPSA) is 24.8 Å². The second kappa shape index (κ2) is 6.70. The Bertz CT molecular complexity index is 1020. The van der Waals surface area contributed by atoms with Gasteiger partial charge in [-0.25, -0.2) is 5.01 Å². The molecular formula is C22H16BrClN2O. The Balaban J connectivity index is 1.60. The average molecular weight is 440 g/mol. The van der Waals surface area contributed by atoms with Crippen LogP contribution in [0.4, 0.5) is 0 Å². The summed E-state index contributed by atoms with van der Waals surface area (Å²) in [4.78, 5) is 0. The molecule has 0 spiro atoms. The molecule has 2 heterocycles. The van der Waals surface area contributed by atoms with E-state index in [1.165, 1.54) is 0 Å². The molecule has 0 aliphatic carbocycles. The Morgan fingerprint density at radius 1 is 1.00 bits per heavy atom. The van der Waals surface area contributed by atoms with Crippen LogP contribution in [-0.4, -0.2) is 10.7 Å². The Morgan fingerprint density at radius 2 is 1.78 bits per heavy atom. The van der Waals surface area contributed by atoms with Crippen molar-refractivity contribution in [2.45, 2.75) is 18.7 Å². The lowest BCUT2D eigenvalue weighted by Crippen LogP contribution is -2.33. The first-order valence-electron chi connectivity index (χ1n) is 8.82. The van der Waals surface area contributed by atoms with Crippen LogP contribution in [0, 0.1) is 0 Å². The molecule has 0 radical (unpaired) electrons. The van der Waals surface area contributed by atoms with Gasteiger partial charge in [0.05, 0.1) is 11.8 Å². The number of rotatable bonds is 2. The highest BCUT2D eigenvalue weighted by molar-refractivity contribution is 9.10. The fraction of sp³-hybridized carbons (Fsp3) is 0.136. The van der Waals surface area contributed by atoms with E-state index in [9.17, 15) is 0 Å². The van der Waals surface area contributed by atoms with Gasteiger partial charge in [-0.1, -0.05) is 70.0 Å². The summed E-state index contributed by atoms with van der Waals surface area (Å²) in [6, 6.07) is 24.5. The van der Waals surface area contributed by atoms with Gasteiger partial charge in [-0.3, -0.25) is 0 Å². The molecule has 3 aromatic rings. The number of benzene rings is 3. The maximum Gasteiger partial charge on any atom is 0.213 e. The third kappa shape index (κ3) is 3.03. The molecule has 0 saturated heterocycles. The van der Waals surface area contributed by atoms with Gasteiger partial charge in [0.25, 0.3) is 0 Å². The number of hydrazone groups is 1. The van der Waals surface area contributed by atoms with Crippen LogP contribution in [0.25, 0.3) is 0 Å². The van der Waals surface area contributed by atoms with Crippen LogP contribution >= 0.6 is 27.5 Å². The van der Waals surface area contributed by atoms with Crippen LogP contribution in [0.5, 0.6) is 5.75 Å². The molecule has 0 fully saturated rings. The number of hydrogen-bond donors (Lipinski definition) is 0. The van der Waals surface area contributed by atoms with Gasteiger partial charge in [0, 0.05) is 27.0 Å². The molecule has 2 atom stereocenters. The standard InChI is InChI=1S/C22H16BrClN2O/c23-16-8-11-21-18(12-16)20-13-19(14-6-9-17(24)10-7-14)25-26(20)22(27-21)15-4-2-1-3-5-15/h1-12,20,22H,13H2/t20-,22-/m1/s1. The highest BCUT2D eigenvalue weighted by Crippen LogP contribution is 2.48. The van der Waals surface area contributed by atoms with Gasteiger partial charge in [0.2, 0.25) is 6.23 Å². The van der Waals surface area contributed by atoms with Crippen molar-refractivity contribution in [3.8, 4) is 5.75 Å². The fourth-order valence-corrected chi connectivity index (χ4v) is 4.22. The van der Waals surface area contributed by atoms with Crippen molar-refractivity contribution in [2.24, 2.45) is 5.10 Å². The highest BCUT2D eigenvalue weighted by Gasteiger charge is 2.40. The molecule has 2 aliphatic heterocycles. The fourth-order valence-electron chi connectivity index (χ4n) is 3.71. The van der Waals surface area contributed by atoms with Gasteiger partial charge in [-0.2, -0.15) is 5.10 Å². The molecule has 0 bridgehead atoms. The number of ether oxygens (including phenoxy) is 1. The molecule has 0 saturated carbocycles. The quantitative estimate of drug-likeness (QED) is 0.465. The minimum Gasteiger partial charge on any atom is -0.464 e. The number of halogens is 2. The minimum atomic E-state index is -0.241. The van der Waals surface area contributed by atoms with E-state index in [1.54, 1.807) is 0 Å². The zero-order valence-corrected chi connectivity index (χ0v) is 16.7. The molecule has 5 rings (SSSR count). The summed E-state index contributed by atoms with van der Waals surface area (Å²) < 4.78 is 7.41. The largest absolute Gasteiger partial charge is 0.464 e. The summed E-state index contributed by atoms with van der Waals surface area (Å²) in [5.74, 6) is 0.917. The van der Waals surface area contributed by atoms with E-state index in [0.29, 0.717) is 0 Å². The van der Waals surface area contributed by atoms with E-state index >= 15 is 0 Å². The van der Waals surface area contributed by atoms with E-state index in [0.717, 1.165) is 44.1 Å². The maximum atomic E-state index is 6.37. The molecule has 27 heavy (non-hydrogen) atoms. The van der Waals surface area contributed by atoms with Gasteiger partial charge in [-0.05, 0) is 35.9 Å². The second-order valence-corrected chi connectivity index (χ2v) is 8.07. The average Bonchev–Trinajstić information content (AvgIpc) is 3.14. The molecular weight excluding hydrogens is 424 g/mol. The van der Waals surface area contributed by atoms with Crippen LogP contribution in [0.1, 0.15) is 35.4 Å². The van der Waals surface area contributed by atoms with Crippen molar-refractivity contribution < 1.29 is 4.74 Å². The summed E-state index contributed by atoms with van der Waals surface area (Å²) in [5, 5.41) is 7.79. The van der Waals surface area contributed by atoms with Crippen molar-refractivity contribution in [1.82, 2.24) is 5.01 Å². The maximum absolute atomic E-state index is 6.37. The lowest BCUT2D eigenvalue weighted by molar-refractivity contribution is -0.0190. The monoisotopic (exact) mass is 438 g/mol. The number of fused-ring (bicyclic) bond motifs is 3. The predicted octanol–water partition coefficient (Wildman–Crippen LogP) is 6.34. The van der Waals surface area contributed by atoms with Gasteiger partial charge in [0.15, 0.2) is 0 Å². The zero-order valence-electron chi connectivity index (χ0n) is 14.3. The first-order valence-corrected chi connectivity index (χ1v) is 9.99. The van der Waals surface area contributed by atoms with E-state index in [2.05, 4.69) is 39.1 Å². The molecule has 134 valence electrons. The second-order valence-electron chi connectivity index (χ2n) is 6.72. The Hall–Kier alpha value is -2.30. The Kier molecular flexibility index (Phi) is 4.18. The summed E-state index contributed by atoms with van der Waals surface area (Å²) in [7, 11) is 0. The lowest BCUT2D eigenvalue weighted by Gasteiger charge is -2.38. The molecule has 0 N–H and O–H groups in total. The van der Waals surface area contributed by atoms with E-state index in [-0.39, 0.29) is 12.3 Å². The van der Waals surface area contributed by atoms with Crippen molar-refractivity contribution in [2.75, 3.05) is 0 Å². The summed E-state index contributed by atoms with van der Waals surface area (Å²) in [5.41, 5.74) is 4.40. The van der Waals surface area contributed by atoms with Crippen LogP contribution in [0.3, 0.4) is 0 Å². The van der Waals surface area contributed by atoms with Gasteiger partial charge >= 0.3 is 0 Å². The molecule has 0 unspecified atom stereocenters. The van der Waals surface area contributed by atoms with Crippen LogP contribution in [-0.2, 0) is 0 Å². The smallest absolute Gasteiger partial charge is 0.213 e. The molecule has 2 aliphatic rings. The Morgan fingerprint density at radius 3 is 2.56 bits per heavy atom. The summed E-state index contributed by atoms with van der Waals surface area (Å²) >= 11 is 9.64. The van der Waals surface area contributed by atoms with Crippen molar-refractivity contribution in [3.63, 3.8) is 0 Å². The van der Waals surface area contributed by atoms with E-state index in [1.807, 2.05) is 54.6 Å². The van der Waals surface area contributed by atoms with Gasteiger partial charge in [0.1, 0.15) is 5.75 Å². The normalized spacial score (nSPS) is 20.5. The van der Waals surface area contributed by atoms with Crippen molar-refractivity contribution in [1.29, 1.82) is 0 Å². The molecule has 3 nitrogen and oxygen atoms in total. The van der Waals surface area contributed by atoms with E-state index in [4.69, 9.17) is 21.4 Å². The molecule has 0 amide bonds.